The number of hydrogen-bond donors (Lipinski definition) is 0. The fourth-order valence-corrected chi connectivity index (χ4v) is 4.28. The van der Waals surface area contributed by atoms with Gasteiger partial charge in [0.15, 0.2) is 0 Å². The highest BCUT2D eigenvalue weighted by atomic mass is 35.5. The monoisotopic (exact) mass is 443 g/mol. The van der Waals surface area contributed by atoms with E-state index in [1.807, 2.05) is 45.1 Å². The lowest BCUT2D eigenvalue weighted by molar-refractivity contribution is 0.0204. The molecule has 0 unspecified atom stereocenters. The summed E-state index contributed by atoms with van der Waals surface area (Å²) in [6.45, 7) is 6.89. The molecule has 1 atom stereocenters. The Labute approximate surface area is 187 Å². The van der Waals surface area contributed by atoms with Crippen molar-refractivity contribution in [3.8, 4) is 5.75 Å². The molecule has 0 saturated carbocycles. The first-order valence-corrected chi connectivity index (χ1v) is 11.0. The number of likely N-dealkylation sites (tertiary alicyclic amines) is 1. The molecule has 0 N–H and O–H groups in total. The third kappa shape index (κ3) is 4.87. The van der Waals surface area contributed by atoms with Crippen molar-refractivity contribution in [2.75, 3.05) is 13.1 Å². The quantitative estimate of drug-likeness (QED) is 0.515. The van der Waals surface area contributed by atoms with Gasteiger partial charge < -0.3 is 14.4 Å². The van der Waals surface area contributed by atoms with Gasteiger partial charge in [0.1, 0.15) is 23.3 Å². The summed E-state index contributed by atoms with van der Waals surface area (Å²) in [6, 6.07) is 10.7. The number of para-hydroxylation sites is 1. The van der Waals surface area contributed by atoms with Crippen molar-refractivity contribution in [2.24, 2.45) is 0 Å². The Bertz CT molecular complexity index is 1010. The Kier molecular flexibility index (Phi) is 5.98. The van der Waals surface area contributed by atoms with Gasteiger partial charge in [-0.25, -0.2) is 9.18 Å². The molecule has 4 nitrogen and oxygen atoms in total. The summed E-state index contributed by atoms with van der Waals surface area (Å²) < 4.78 is 26.2. The minimum Gasteiger partial charge on any atom is -0.481 e. The van der Waals surface area contributed by atoms with Crippen LogP contribution in [0.5, 0.6) is 5.75 Å². The first-order valence-electron chi connectivity index (χ1n) is 10.6. The molecule has 0 aliphatic carbocycles. The van der Waals surface area contributed by atoms with Crippen molar-refractivity contribution >= 4 is 23.8 Å². The van der Waals surface area contributed by atoms with E-state index in [1.165, 1.54) is 6.07 Å². The van der Waals surface area contributed by atoms with E-state index in [0.717, 1.165) is 29.7 Å². The number of ether oxygens (including phenoxy) is 2. The van der Waals surface area contributed by atoms with Crippen molar-refractivity contribution in [1.82, 2.24) is 4.90 Å². The first kappa shape index (κ1) is 21.7. The molecule has 1 amide bonds. The number of nitrogens with zero attached hydrogens (tertiary/aromatic N) is 1. The maximum Gasteiger partial charge on any atom is 0.410 e. The second-order valence-electron chi connectivity index (χ2n) is 9.07. The van der Waals surface area contributed by atoms with Crippen LogP contribution in [0.3, 0.4) is 0 Å². The van der Waals surface area contributed by atoms with E-state index in [2.05, 4.69) is 6.07 Å². The van der Waals surface area contributed by atoms with E-state index in [1.54, 1.807) is 17.0 Å². The zero-order chi connectivity index (χ0) is 22.2. The summed E-state index contributed by atoms with van der Waals surface area (Å²) in [5.41, 5.74) is 2.04. The molecular formula is C25H27ClFNO3. The van der Waals surface area contributed by atoms with E-state index in [-0.39, 0.29) is 17.8 Å². The van der Waals surface area contributed by atoms with Crippen LogP contribution in [-0.4, -0.2) is 29.7 Å². The molecule has 31 heavy (non-hydrogen) atoms. The van der Waals surface area contributed by atoms with Crippen molar-refractivity contribution in [3.63, 3.8) is 0 Å². The Morgan fingerprint density at radius 3 is 2.58 bits per heavy atom. The lowest BCUT2D eigenvalue weighted by Crippen LogP contribution is -2.41. The van der Waals surface area contributed by atoms with Crippen molar-refractivity contribution in [1.29, 1.82) is 0 Å². The van der Waals surface area contributed by atoms with Crippen molar-refractivity contribution in [3.05, 3.63) is 70.0 Å². The summed E-state index contributed by atoms with van der Waals surface area (Å²) in [6.07, 6.45) is 4.72. The van der Waals surface area contributed by atoms with Crippen molar-refractivity contribution in [2.45, 2.75) is 51.2 Å². The third-order valence-electron chi connectivity index (χ3n) is 5.63. The van der Waals surface area contributed by atoms with Crippen molar-refractivity contribution < 1.29 is 18.7 Å². The fraction of sp³-hybridized carbons (Fsp3) is 0.400. The van der Waals surface area contributed by atoms with Gasteiger partial charge >= 0.3 is 6.09 Å². The van der Waals surface area contributed by atoms with Gasteiger partial charge in [0.25, 0.3) is 0 Å². The van der Waals surface area contributed by atoms with E-state index in [4.69, 9.17) is 21.1 Å². The summed E-state index contributed by atoms with van der Waals surface area (Å²) in [5, 5.41) is 0.360. The predicted octanol–water partition coefficient (Wildman–Crippen LogP) is 6.74. The number of halogens is 2. The average Bonchev–Trinajstić information content (AvgIpc) is 2.72. The molecule has 2 aromatic carbocycles. The molecule has 2 aliphatic rings. The molecule has 2 aliphatic heterocycles. The first-order chi connectivity index (χ1) is 14.7. The predicted molar refractivity (Wildman–Crippen MR) is 120 cm³/mol. The highest BCUT2D eigenvalue weighted by molar-refractivity contribution is 6.30. The molecule has 1 fully saturated rings. The van der Waals surface area contributed by atoms with E-state index in [0.29, 0.717) is 23.7 Å². The SMILES string of the molecule is CC(C)(C)OC(=O)N1CCC(c2cccc3c2O[C@H](c2ccc(Cl)cc2F)C=C3)CC1. The maximum absolute atomic E-state index is 14.5. The van der Waals surface area contributed by atoms with Crippen LogP contribution >= 0.6 is 11.6 Å². The van der Waals surface area contributed by atoms with Crippen LogP contribution in [0.15, 0.2) is 42.5 Å². The standard InChI is InChI=1S/C25H27ClFNO3/c1-25(2,3)31-24(29)28-13-11-16(12-14-28)19-6-4-5-17-7-10-22(30-23(17)19)20-9-8-18(26)15-21(20)27/h4-10,15-16,22H,11-14H2,1-3H3/t22-/m0/s1. The van der Waals surface area contributed by atoms with Gasteiger partial charge in [-0.2, -0.15) is 0 Å². The molecule has 6 heteroatoms. The third-order valence-corrected chi connectivity index (χ3v) is 5.86. The maximum atomic E-state index is 14.5. The number of carbonyl (C=O) groups is 1. The topological polar surface area (TPSA) is 38.8 Å². The number of rotatable bonds is 2. The van der Waals surface area contributed by atoms with Gasteiger partial charge in [0, 0.05) is 29.2 Å². The summed E-state index contributed by atoms with van der Waals surface area (Å²) in [4.78, 5) is 14.1. The summed E-state index contributed by atoms with van der Waals surface area (Å²) in [7, 11) is 0. The van der Waals surface area contributed by atoms with Gasteiger partial charge in [0.05, 0.1) is 0 Å². The molecule has 4 rings (SSSR count). The largest absolute Gasteiger partial charge is 0.481 e. The van der Waals surface area contributed by atoms with Crippen LogP contribution in [0.4, 0.5) is 9.18 Å². The van der Waals surface area contributed by atoms with Gasteiger partial charge in [-0.3, -0.25) is 0 Å². The number of hydrogen-bond acceptors (Lipinski definition) is 3. The molecule has 2 heterocycles. The van der Waals surface area contributed by atoms with E-state index in [9.17, 15) is 9.18 Å². The minimum atomic E-state index is -0.507. The van der Waals surface area contributed by atoms with Crippen LogP contribution in [0, 0.1) is 5.82 Å². The fourth-order valence-electron chi connectivity index (χ4n) is 4.12. The van der Waals surface area contributed by atoms with E-state index >= 15 is 0 Å². The van der Waals surface area contributed by atoms with Gasteiger partial charge in [-0.15, -0.1) is 0 Å². The van der Waals surface area contributed by atoms with Crippen LogP contribution in [0.25, 0.3) is 6.08 Å². The molecule has 0 radical (unpaired) electrons. The van der Waals surface area contributed by atoms with Crippen LogP contribution in [0.1, 0.15) is 62.3 Å². The molecule has 0 aromatic heterocycles. The zero-order valence-electron chi connectivity index (χ0n) is 18.0. The second kappa shape index (κ2) is 8.54. The average molecular weight is 444 g/mol. The van der Waals surface area contributed by atoms with Crippen LogP contribution in [0.2, 0.25) is 5.02 Å². The highest BCUT2D eigenvalue weighted by Gasteiger charge is 2.30. The lowest BCUT2D eigenvalue weighted by Gasteiger charge is -2.35. The van der Waals surface area contributed by atoms with E-state index < -0.39 is 11.7 Å². The number of piperidine rings is 1. The number of benzene rings is 2. The summed E-state index contributed by atoms with van der Waals surface area (Å²) in [5.74, 6) is 0.671. The summed E-state index contributed by atoms with van der Waals surface area (Å²) >= 11 is 5.90. The second-order valence-corrected chi connectivity index (χ2v) is 9.51. The number of fused-ring (bicyclic) bond motifs is 1. The van der Waals surface area contributed by atoms with Gasteiger partial charge in [-0.1, -0.05) is 41.9 Å². The lowest BCUT2D eigenvalue weighted by atomic mass is 9.87. The molecule has 0 spiro atoms. The normalized spacial score (nSPS) is 19.0. The number of carbonyl (C=O) groups excluding carboxylic acids is 1. The van der Waals surface area contributed by atoms with Gasteiger partial charge in [-0.05, 0) is 63.3 Å². The molecule has 2 aromatic rings. The zero-order valence-corrected chi connectivity index (χ0v) is 18.8. The van der Waals surface area contributed by atoms with Gasteiger partial charge in [0.2, 0.25) is 0 Å². The molecule has 1 saturated heterocycles. The minimum absolute atomic E-state index is 0.260. The molecule has 0 bridgehead atoms. The van der Waals surface area contributed by atoms with Crippen LogP contribution in [-0.2, 0) is 4.74 Å². The molecule has 164 valence electrons. The Balaban J connectivity index is 1.50. The Hall–Kier alpha value is -2.53. The smallest absolute Gasteiger partial charge is 0.410 e. The number of amides is 1. The Morgan fingerprint density at radius 1 is 1.16 bits per heavy atom. The highest BCUT2D eigenvalue weighted by Crippen LogP contribution is 2.42. The molecular weight excluding hydrogens is 417 g/mol. The Morgan fingerprint density at radius 2 is 1.90 bits per heavy atom. The van der Waals surface area contributed by atoms with Crippen LogP contribution < -0.4 is 4.74 Å².